The number of hydrogen-bond acceptors (Lipinski definition) is 1. The van der Waals surface area contributed by atoms with Crippen molar-refractivity contribution in [2.24, 2.45) is 0 Å². The van der Waals surface area contributed by atoms with Gasteiger partial charge in [0.05, 0.1) is 5.57 Å². The van der Waals surface area contributed by atoms with Gasteiger partial charge in [0.25, 0.3) is 5.91 Å². The summed E-state index contributed by atoms with van der Waals surface area (Å²) in [5.74, 6) is 0.214. The van der Waals surface area contributed by atoms with Crippen molar-refractivity contribution in [3.05, 3.63) is 71.8 Å². The molecule has 23 heavy (non-hydrogen) atoms. The van der Waals surface area contributed by atoms with E-state index in [1.54, 1.807) is 0 Å². The number of carbonyl (C=O) groups excluding carboxylic acids is 1. The normalized spacial score (nSPS) is 21.3. The smallest absolute Gasteiger partial charge is 0.255 e. The maximum atomic E-state index is 13.2. The number of nitrogens with zero attached hydrogens (tertiary/aromatic N) is 1. The largest absolute Gasteiger partial charge is 0.335 e. The van der Waals surface area contributed by atoms with Crippen LogP contribution in [0.3, 0.4) is 0 Å². The highest BCUT2D eigenvalue weighted by Gasteiger charge is 2.36. The summed E-state index contributed by atoms with van der Waals surface area (Å²) in [4.78, 5) is 15.3. The summed E-state index contributed by atoms with van der Waals surface area (Å²) >= 11 is 0. The molecular formula is C21H21NO. The first-order valence-corrected chi connectivity index (χ1v) is 8.49. The van der Waals surface area contributed by atoms with Crippen LogP contribution in [0.25, 0.3) is 11.1 Å². The molecular weight excluding hydrogens is 282 g/mol. The summed E-state index contributed by atoms with van der Waals surface area (Å²) in [7, 11) is 0. The fourth-order valence-electron chi connectivity index (χ4n) is 3.89. The predicted octanol–water partition coefficient (Wildman–Crippen LogP) is 4.38. The minimum atomic E-state index is 0.214. The molecule has 2 aromatic carbocycles. The van der Waals surface area contributed by atoms with Gasteiger partial charge in [-0.1, -0.05) is 60.7 Å². The number of fused-ring (bicyclic) bond motifs is 1. The van der Waals surface area contributed by atoms with Crippen molar-refractivity contribution >= 4 is 17.1 Å². The van der Waals surface area contributed by atoms with Crippen molar-refractivity contribution in [3.8, 4) is 0 Å². The molecule has 0 saturated carbocycles. The monoisotopic (exact) mass is 303 g/mol. The number of carbonyl (C=O) groups is 1. The fraction of sp³-hybridized carbons (Fsp3) is 0.286. The average Bonchev–Trinajstić information content (AvgIpc) is 2.63. The molecule has 1 amide bonds. The lowest BCUT2D eigenvalue weighted by Crippen LogP contribution is -2.47. The third-order valence-electron chi connectivity index (χ3n) is 5.03. The van der Waals surface area contributed by atoms with Gasteiger partial charge >= 0.3 is 0 Å². The zero-order valence-corrected chi connectivity index (χ0v) is 13.2. The van der Waals surface area contributed by atoms with Crippen LogP contribution in [0.15, 0.2) is 60.7 Å². The van der Waals surface area contributed by atoms with Gasteiger partial charge in [0.2, 0.25) is 0 Å². The highest BCUT2D eigenvalue weighted by atomic mass is 16.2. The second kappa shape index (κ2) is 6.04. The van der Waals surface area contributed by atoms with Gasteiger partial charge in [0, 0.05) is 12.6 Å². The Morgan fingerprint density at radius 3 is 2.17 bits per heavy atom. The van der Waals surface area contributed by atoms with Gasteiger partial charge in [-0.2, -0.15) is 0 Å². The topological polar surface area (TPSA) is 20.3 Å². The summed E-state index contributed by atoms with van der Waals surface area (Å²) in [6.07, 6.45) is 4.46. The molecule has 0 spiro atoms. The summed E-state index contributed by atoms with van der Waals surface area (Å²) in [6, 6.07) is 20.9. The molecule has 1 fully saturated rings. The van der Waals surface area contributed by atoms with E-state index in [-0.39, 0.29) is 5.91 Å². The van der Waals surface area contributed by atoms with E-state index in [2.05, 4.69) is 41.3 Å². The number of benzene rings is 2. The van der Waals surface area contributed by atoms with Gasteiger partial charge in [0.1, 0.15) is 0 Å². The van der Waals surface area contributed by atoms with Crippen LogP contribution in [0.4, 0.5) is 0 Å². The molecule has 116 valence electrons. The summed E-state index contributed by atoms with van der Waals surface area (Å²) in [5, 5.41) is 0. The third-order valence-corrected chi connectivity index (χ3v) is 5.03. The van der Waals surface area contributed by atoms with Crippen molar-refractivity contribution < 1.29 is 4.79 Å². The minimum absolute atomic E-state index is 0.214. The standard InChI is InChI=1S/C21H21NO/c23-21-20(17-11-5-2-6-12-17)19(16-9-3-1-4-10-16)15-18-13-7-8-14-22(18)21/h1-6,9-12,18H,7-8,13-15H2. The van der Waals surface area contributed by atoms with Crippen LogP contribution in [0.1, 0.15) is 36.8 Å². The maximum Gasteiger partial charge on any atom is 0.255 e. The molecule has 1 atom stereocenters. The summed E-state index contributed by atoms with van der Waals surface area (Å²) in [6.45, 7) is 0.905. The lowest BCUT2D eigenvalue weighted by atomic mass is 9.82. The van der Waals surface area contributed by atoms with E-state index in [9.17, 15) is 4.79 Å². The Morgan fingerprint density at radius 2 is 1.48 bits per heavy atom. The van der Waals surface area contributed by atoms with Crippen LogP contribution in [-0.4, -0.2) is 23.4 Å². The molecule has 0 N–H and O–H groups in total. The summed E-state index contributed by atoms with van der Waals surface area (Å²) < 4.78 is 0. The van der Waals surface area contributed by atoms with Crippen LogP contribution in [0.2, 0.25) is 0 Å². The van der Waals surface area contributed by atoms with Crippen LogP contribution >= 0.6 is 0 Å². The van der Waals surface area contributed by atoms with E-state index in [4.69, 9.17) is 0 Å². The molecule has 2 aliphatic heterocycles. The molecule has 2 aromatic rings. The Balaban J connectivity index is 1.88. The van der Waals surface area contributed by atoms with Gasteiger partial charge < -0.3 is 4.90 Å². The van der Waals surface area contributed by atoms with Crippen molar-refractivity contribution in [2.75, 3.05) is 6.54 Å². The number of hydrogen-bond donors (Lipinski definition) is 0. The number of amides is 1. The van der Waals surface area contributed by atoms with Gasteiger partial charge in [-0.15, -0.1) is 0 Å². The molecule has 2 heterocycles. The molecule has 0 aliphatic carbocycles. The fourth-order valence-corrected chi connectivity index (χ4v) is 3.89. The number of rotatable bonds is 2. The van der Waals surface area contributed by atoms with Crippen LogP contribution in [0.5, 0.6) is 0 Å². The van der Waals surface area contributed by atoms with Gasteiger partial charge in [-0.05, 0) is 42.4 Å². The van der Waals surface area contributed by atoms with Crippen LogP contribution in [-0.2, 0) is 4.79 Å². The molecule has 4 rings (SSSR count). The molecule has 2 aliphatic rings. The average molecular weight is 303 g/mol. The number of piperidine rings is 1. The highest BCUT2D eigenvalue weighted by Crippen LogP contribution is 2.39. The maximum absolute atomic E-state index is 13.2. The Labute approximate surface area is 137 Å². The molecule has 0 aromatic heterocycles. The van der Waals surface area contributed by atoms with E-state index in [1.807, 2.05) is 24.3 Å². The molecule has 0 radical (unpaired) electrons. The second-order valence-electron chi connectivity index (χ2n) is 6.44. The minimum Gasteiger partial charge on any atom is -0.335 e. The van der Waals surface area contributed by atoms with Crippen LogP contribution in [0, 0.1) is 0 Å². The third kappa shape index (κ3) is 2.59. The predicted molar refractivity (Wildman–Crippen MR) is 93.7 cm³/mol. The van der Waals surface area contributed by atoms with Gasteiger partial charge in [-0.3, -0.25) is 4.79 Å². The Bertz CT molecular complexity index is 733. The SMILES string of the molecule is O=C1C(c2ccccc2)=C(c2ccccc2)CC2CCCCN12. The Hall–Kier alpha value is -2.35. The lowest BCUT2D eigenvalue weighted by Gasteiger charge is -2.41. The molecule has 1 unspecified atom stereocenters. The summed E-state index contributed by atoms with van der Waals surface area (Å²) in [5.41, 5.74) is 4.34. The zero-order valence-electron chi connectivity index (χ0n) is 13.2. The second-order valence-corrected chi connectivity index (χ2v) is 6.44. The molecule has 2 nitrogen and oxygen atoms in total. The first-order valence-electron chi connectivity index (χ1n) is 8.49. The van der Waals surface area contributed by atoms with Crippen molar-refractivity contribution in [1.29, 1.82) is 0 Å². The van der Waals surface area contributed by atoms with E-state index in [0.717, 1.165) is 36.9 Å². The lowest BCUT2D eigenvalue weighted by molar-refractivity contribution is -0.128. The quantitative estimate of drug-likeness (QED) is 0.806. The molecule has 2 heteroatoms. The van der Waals surface area contributed by atoms with E-state index >= 15 is 0 Å². The first-order chi connectivity index (χ1) is 11.3. The van der Waals surface area contributed by atoms with Gasteiger partial charge in [0.15, 0.2) is 0 Å². The van der Waals surface area contributed by atoms with E-state index in [0.29, 0.717) is 6.04 Å². The van der Waals surface area contributed by atoms with Crippen molar-refractivity contribution in [3.63, 3.8) is 0 Å². The van der Waals surface area contributed by atoms with Gasteiger partial charge in [-0.25, -0.2) is 0 Å². The highest BCUT2D eigenvalue weighted by molar-refractivity contribution is 6.28. The van der Waals surface area contributed by atoms with Crippen LogP contribution < -0.4 is 0 Å². The van der Waals surface area contributed by atoms with E-state index < -0.39 is 0 Å². The zero-order chi connectivity index (χ0) is 15.6. The Morgan fingerprint density at radius 1 is 0.826 bits per heavy atom. The van der Waals surface area contributed by atoms with Crippen molar-refractivity contribution in [2.45, 2.75) is 31.7 Å². The van der Waals surface area contributed by atoms with Crippen molar-refractivity contribution in [1.82, 2.24) is 4.90 Å². The van der Waals surface area contributed by atoms with E-state index in [1.165, 1.54) is 17.6 Å². The Kier molecular flexibility index (Phi) is 3.74. The molecule has 1 saturated heterocycles. The molecule has 0 bridgehead atoms. The first kappa shape index (κ1) is 14.3.